The predicted molar refractivity (Wildman–Crippen MR) is 76.3 cm³/mol. The molecule has 2 rings (SSSR count). The van der Waals surface area contributed by atoms with Gasteiger partial charge in [0, 0.05) is 5.39 Å². The third-order valence-corrected chi connectivity index (χ3v) is 2.80. The smallest absolute Gasteiger partial charge is 0.418 e. The molecule has 0 saturated heterocycles. The molecule has 0 amide bonds. The molecule has 0 radical (unpaired) electrons. The summed E-state index contributed by atoms with van der Waals surface area (Å²) in [6.07, 6.45) is -4.55. The minimum Gasteiger partial charge on any atom is -0.456 e. The van der Waals surface area contributed by atoms with E-state index in [-0.39, 0.29) is 22.3 Å². The number of nitrogen functional groups attached to an aromatic ring is 1. The Kier molecular flexibility index (Phi) is 3.76. The SMILES string of the molecule is CC(C)(C)OC(=O)c1cc2cccc(C(F)(F)F)c2nc1N. The lowest BCUT2D eigenvalue weighted by Gasteiger charge is -2.20. The van der Waals surface area contributed by atoms with Crippen molar-refractivity contribution in [2.75, 3.05) is 5.73 Å². The molecule has 2 N–H and O–H groups in total. The number of aromatic nitrogens is 1. The van der Waals surface area contributed by atoms with Gasteiger partial charge in [0.25, 0.3) is 0 Å². The molecule has 0 spiro atoms. The number of anilines is 1. The van der Waals surface area contributed by atoms with Crippen LogP contribution in [-0.4, -0.2) is 16.6 Å². The summed E-state index contributed by atoms with van der Waals surface area (Å²) in [5.74, 6) is -1.02. The van der Waals surface area contributed by atoms with Crippen LogP contribution < -0.4 is 5.73 Å². The summed E-state index contributed by atoms with van der Waals surface area (Å²) in [7, 11) is 0. The molecule has 7 heteroatoms. The fourth-order valence-corrected chi connectivity index (χ4v) is 1.94. The maximum absolute atomic E-state index is 13.0. The molecule has 0 unspecified atom stereocenters. The van der Waals surface area contributed by atoms with Crippen LogP contribution in [0.1, 0.15) is 36.7 Å². The lowest BCUT2D eigenvalue weighted by Crippen LogP contribution is -2.24. The Balaban J connectivity index is 2.58. The topological polar surface area (TPSA) is 65.2 Å². The van der Waals surface area contributed by atoms with E-state index in [1.807, 2.05) is 0 Å². The van der Waals surface area contributed by atoms with Crippen LogP contribution in [0.4, 0.5) is 19.0 Å². The van der Waals surface area contributed by atoms with E-state index in [9.17, 15) is 18.0 Å². The van der Waals surface area contributed by atoms with Gasteiger partial charge >= 0.3 is 12.1 Å². The maximum atomic E-state index is 13.0. The maximum Gasteiger partial charge on any atom is 0.418 e. The Hall–Kier alpha value is -2.31. The first kappa shape index (κ1) is 16.1. The number of nitrogens with two attached hydrogens (primary N) is 1. The number of hydrogen-bond donors (Lipinski definition) is 1. The first-order valence-electron chi connectivity index (χ1n) is 6.49. The van der Waals surface area contributed by atoms with Crippen molar-refractivity contribution in [1.82, 2.24) is 4.98 Å². The van der Waals surface area contributed by atoms with Crippen LogP contribution in [0.5, 0.6) is 0 Å². The van der Waals surface area contributed by atoms with Crippen molar-refractivity contribution in [2.45, 2.75) is 32.5 Å². The molecule has 0 atom stereocenters. The number of fused-ring (bicyclic) bond motifs is 1. The summed E-state index contributed by atoms with van der Waals surface area (Å²) in [6, 6.07) is 4.87. The molecule has 0 aliphatic rings. The number of rotatable bonds is 1. The van der Waals surface area contributed by atoms with E-state index in [1.54, 1.807) is 20.8 Å². The van der Waals surface area contributed by atoms with Crippen molar-refractivity contribution < 1.29 is 22.7 Å². The normalized spacial score (nSPS) is 12.5. The van der Waals surface area contributed by atoms with Gasteiger partial charge in [-0.2, -0.15) is 13.2 Å². The largest absolute Gasteiger partial charge is 0.456 e. The van der Waals surface area contributed by atoms with Crippen LogP contribution in [0, 0.1) is 0 Å². The van der Waals surface area contributed by atoms with Gasteiger partial charge in [0.2, 0.25) is 0 Å². The molecule has 4 nitrogen and oxygen atoms in total. The fraction of sp³-hybridized carbons (Fsp3) is 0.333. The van der Waals surface area contributed by atoms with E-state index in [0.29, 0.717) is 0 Å². The second kappa shape index (κ2) is 5.15. The van der Waals surface area contributed by atoms with Gasteiger partial charge < -0.3 is 10.5 Å². The van der Waals surface area contributed by atoms with Gasteiger partial charge in [0.05, 0.1) is 11.1 Å². The molecular weight excluding hydrogens is 297 g/mol. The first-order valence-corrected chi connectivity index (χ1v) is 6.49. The number of pyridine rings is 1. The Morgan fingerprint density at radius 2 is 1.86 bits per heavy atom. The Morgan fingerprint density at radius 1 is 1.23 bits per heavy atom. The minimum atomic E-state index is -4.55. The average Bonchev–Trinajstić information content (AvgIpc) is 2.33. The Morgan fingerprint density at radius 3 is 2.41 bits per heavy atom. The first-order chi connectivity index (χ1) is 9.99. The van der Waals surface area contributed by atoms with Crippen molar-refractivity contribution in [3.63, 3.8) is 0 Å². The van der Waals surface area contributed by atoms with Crippen molar-refractivity contribution >= 4 is 22.7 Å². The van der Waals surface area contributed by atoms with E-state index in [1.165, 1.54) is 18.2 Å². The zero-order chi connectivity index (χ0) is 16.7. The van der Waals surface area contributed by atoms with Crippen LogP contribution >= 0.6 is 0 Å². The number of nitrogens with zero attached hydrogens (tertiary/aromatic N) is 1. The molecule has 0 saturated carbocycles. The minimum absolute atomic E-state index is 0.0539. The number of alkyl halides is 3. The lowest BCUT2D eigenvalue weighted by molar-refractivity contribution is -0.136. The number of carbonyl (C=O) groups is 1. The summed E-state index contributed by atoms with van der Waals surface area (Å²) in [5, 5.41) is 0.171. The second-order valence-corrected chi connectivity index (χ2v) is 5.80. The Bertz CT molecular complexity index is 734. The number of carbonyl (C=O) groups excluding carboxylic acids is 1. The van der Waals surface area contributed by atoms with E-state index in [4.69, 9.17) is 10.5 Å². The second-order valence-electron chi connectivity index (χ2n) is 5.80. The van der Waals surface area contributed by atoms with Gasteiger partial charge in [-0.3, -0.25) is 0 Å². The molecule has 2 aromatic rings. The van der Waals surface area contributed by atoms with Crippen molar-refractivity contribution in [3.05, 3.63) is 35.4 Å². The molecule has 0 aliphatic heterocycles. The summed E-state index contributed by atoms with van der Waals surface area (Å²) < 4.78 is 44.0. The summed E-state index contributed by atoms with van der Waals surface area (Å²) >= 11 is 0. The molecule has 1 aromatic carbocycles. The monoisotopic (exact) mass is 312 g/mol. The molecule has 22 heavy (non-hydrogen) atoms. The van der Waals surface area contributed by atoms with Gasteiger partial charge in [0.1, 0.15) is 17.0 Å². The van der Waals surface area contributed by atoms with Crippen LogP contribution in [0.25, 0.3) is 10.9 Å². The lowest BCUT2D eigenvalue weighted by atomic mass is 10.1. The molecular formula is C15H15F3N2O2. The number of para-hydroxylation sites is 1. The quantitative estimate of drug-likeness (QED) is 0.814. The standard InChI is InChI=1S/C15H15F3N2O2/c1-14(2,3)22-13(21)9-7-8-5-4-6-10(15(16,17)18)11(8)20-12(9)19/h4-7H,1-3H3,(H2,19,20). The van der Waals surface area contributed by atoms with Crippen LogP contribution in [0.3, 0.4) is 0 Å². The highest BCUT2D eigenvalue weighted by Gasteiger charge is 2.33. The van der Waals surface area contributed by atoms with Gasteiger partial charge in [-0.25, -0.2) is 9.78 Å². The number of esters is 1. The highest BCUT2D eigenvalue weighted by Crippen LogP contribution is 2.35. The summed E-state index contributed by atoms with van der Waals surface area (Å²) in [4.78, 5) is 15.8. The molecule has 118 valence electrons. The zero-order valence-electron chi connectivity index (χ0n) is 12.3. The van der Waals surface area contributed by atoms with Gasteiger partial charge in [-0.05, 0) is 32.9 Å². The highest BCUT2D eigenvalue weighted by molar-refractivity contribution is 5.99. The van der Waals surface area contributed by atoms with Crippen LogP contribution in [-0.2, 0) is 10.9 Å². The summed E-state index contributed by atoms with van der Waals surface area (Å²) in [5.41, 5.74) is 3.65. The van der Waals surface area contributed by atoms with E-state index in [0.717, 1.165) is 6.07 Å². The van der Waals surface area contributed by atoms with Gasteiger partial charge in [-0.15, -0.1) is 0 Å². The van der Waals surface area contributed by atoms with E-state index >= 15 is 0 Å². The molecule has 0 fully saturated rings. The zero-order valence-corrected chi connectivity index (χ0v) is 12.3. The highest BCUT2D eigenvalue weighted by atomic mass is 19.4. The third kappa shape index (κ3) is 3.29. The number of benzene rings is 1. The number of hydrogen-bond acceptors (Lipinski definition) is 4. The van der Waals surface area contributed by atoms with Crippen LogP contribution in [0.2, 0.25) is 0 Å². The van der Waals surface area contributed by atoms with Crippen LogP contribution in [0.15, 0.2) is 24.3 Å². The fourth-order valence-electron chi connectivity index (χ4n) is 1.94. The molecule has 1 heterocycles. The Labute approximate surface area is 125 Å². The summed E-state index contributed by atoms with van der Waals surface area (Å²) in [6.45, 7) is 5.03. The number of ether oxygens (including phenoxy) is 1. The van der Waals surface area contributed by atoms with Crippen molar-refractivity contribution in [2.24, 2.45) is 0 Å². The average molecular weight is 312 g/mol. The number of halogens is 3. The molecule has 1 aromatic heterocycles. The van der Waals surface area contributed by atoms with Crippen molar-refractivity contribution in [1.29, 1.82) is 0 Å². The predicted octanol–water partition coefficient (Wildman–Crippen LogP) is 3.79. The van der Waals surface area contributed by atoms with Crippen molar-refractivity contribution in [3.8, 4) is 0 Å². The van der Waals surface area contributed by atoms with E-state index in [2.05, 4.69) is 4.98 Å². The molecule has 0 bridgehead atoms. The van der Waals surface area contributed by atoms with E-state index < -0.39 is 23.3 Å². The van der Waals surface area contributed by atoms with Gasteiger partial charge in [0.15, 0.2) is 0 Å². The third-order valence-electron chi connectivity index (χ3n) is 2.80. The van der Waals surface area contributed by atoms with Gasteiger partial charge in [-0.1, -0.05) is 12.1 Å². The molecule has 0 aliphatic carbocycles.